The van der Waals surface area contributed by atoms with Gasteiger partial charge in [0.25, 0.3) is 0 Å². The molecule has 7 nitrogen and oxygen atoms in total. The highest BCUT2D eigenvalue weighted by atomic mass is 16.2. The minimum absolute atomic E-state index is 0.253. The molecule has 106 valence electrons. The molecule has 0 spiro atoms. The number of rotatable bonds is 4. The van der Waals surface area contributed by atoms with Gasteiger partial charge in [-0.1, -0.05) is 0 Å². The summed E-state index contributed by atoms with van der Waals surface area (Å²) in [4.78, 5) is 30.7. The number of amides is 2. The lowest BCUT2D eigenvalue weighted by atomic mass is 10.3. The van der Waals surface area contributed by atoms with Crippen LogP contribution in [-0.4, -0.2) is 28.0 Å². The Morgan fingerprint density at radius 3 is 2.29 bits per heavy atom. The van der Waals surface area contributed by atoms with Gasteiger partial charge in [0.05, 0.1) is 6.21 Å². The van der Waals surface area contributed by atoms with Crippen molar-refractivity contribution in [1.29, 1.82) is 0 Å². The predicted octanol–water partition coefficient (Wildman–Crippen LogP) is 0.243. The molecule has 0 aromatic carbocycles. The summed E-state index contributed by atoms with van der Waals surface area (Å²) in [5.41, 5.74) is 3.77. The van der Waals surface area contributed by atoms with Crippen LogP contribution in [0, 0.1) is 0 Å². The van der Waals surface area contributed by atoms with Crippen molar-refractivity contribution in [1.82, 2.24) is 20.7 Å². The lowest BCUT2D eigenvalue weighted by molar-refractivity contribution is -0.139. The Kier molecular flexibility index (Phi) is 5.11. The quantitative estimate of drug-likeness (QED) is 0.477. The van der Waals surface area contributed by atoms with Crippen LogP contribution in [0.1, 0.15) is 11.1 Å². The van der Waals surface area contributed by atoms with Gasteiger partial charge in [-0.25, -0.2) is 5.43 Å². The first kappa shape index (κ1) is 14.3. The summed E-state index contributed by atoms with van der Waals surface area (Å²) in [5.74, 6) is -1.58. The van der Waals surface area contributed by atoms with Gasteiger partial charge in [-0.2, -0.15) is 5.10 Å². The second kappa shape index (κ2) is 7.49. The maximum Gasteiger partial charge on any atom is 0.329 e. The molecule has 0 aliphatic rings. The van der Waals surface area contributed by atoms with Gasteiger partial charge in [-0.05, 0) is 35.4 Å². The van der Waals surface area contributed by atoms with Crippen molar-refractivity contribution in [3.8, 4) is 0 Å². The highest BCUT2D eigenvalue weighted by Crippen LogP contribution is 1.94. The first-order valence-electron chi connectivity index (χ1n) is 6.16. The van der Waals surface area contributed by atoms with Gasteiger partial charge in [0.1, 0.15) is 0 Å². The Bertz CT molecular complexity index is 628. The summed E-state index contributed by atoms with van der Waals surface area (Å²) < 4.78 is 0. The average molecular weight is 283 g/mol. The van der Waals surface area contributed by atoms with Crippen LogP contribution in [-0.2, 0) is 16.1 Å². The molecule has 0 unspecified atom stereocenters. The number of hydrogen-bond acceptors (Lipinski definition) is 5. The summed E-state index contributed by atoms with van der Waals surface area (Å²) in [6, 6.07) is 6.94. The van der Waals surface area contributed by atoms with Crippen molar-refractivity contribution in [3.05, 3.63) is 60.2 Å². The number of carbonyl (C=O) groups excluding carboxylic acids is 2. The fraction of sp³-hybridized carbons (Fsp3) is 0.0714. The number of hydrazone groups is 1. The van der Waals surface area contributed by atoms with Gasteiger partial charge in [-0.3, -0.25) is 19.6 Å². The van der Waals surface area contributed by atoms with Crippen molar-refractivity contribution in [2.45, 2.75) is 6.54 Å². The zero-order valence-corrected chi connectivity index (χ0v) is 11.1. The maximum absolute atomic E-state index is 11.5. The normalized spacial score (nSPS) is 10.3. The molecule has 2 heterocycles. The standard InChI is InChI=1S/C14H13N5O2/c20-13(17-9-11-1-5-15-6-2-11)14(21)19-18-10-12-3-7-16-8-4-12/h1-8,10H,9H2,(H,17,20)(H,19,21). The highest BCUT2D eigenvalue weighted by molar-refractivity contribution is 6.35. The van der Waals surface area contributed by atoms with Gasteiger partial charge >= 0.3 is 11.8 Å². The molecule has 0 saturated heterocycles. The number of carbonyl (C=O) groups is 2. The fourth-order valence-corrected chi connectivity index (χ4v) is 1.43. The van der Waals surface area contributed by atoms with Crippen LogP contribution < -0.4 is 10.7 Å². The van der Waals surface area contributed by atoms with Crippen LogP contribution in [0.5, 0.6) is 0 Å². The van der Waals surface area contributed by atoms with E-state index in [9.17, 15) is 9.59 Å². The Balaban J connectivity index is 1.78. The summed E-state index contributed by atoms with van der Waals surface area (Å²) in [5, 5.41) is 6.18. The van der Waals surface area contributed by atoms with Gasteiger partial charge in [0.2, 0.25) is 0 Å². The topological polar surface area (TPSA) is 96.3 Å². The Labute approximate surface area is 121 Å². The number of pyridine rings is 2. The van der Waals surface area contributed by atoms with E-state index >= 15 is 0 Å². The average Bonchev–Trinajstić information content (AvgIpc) is 2.54. The molecule has 2 amide bonds. The monoisotopic (exact) mass is 283 g/mol. The molecule has 0 saturated carbocycles. The Morgan fingerprint density at radius 2 is 1.62 bits per heavy atom. The SMILES string of the molecule is O=C(NCc1ccncc1)C(=O)NN=Cc1ccncc1. The van der Waals surface area contributed by atoms with Gasteiger partial charge < -0.3 is 5.32 Å². The second-order valence-electron chi connectivity index (χ2n) is 4.02. The van der Waals surface area contributed by atoms with Crippen LogP contribution in [0.2, 0.25) is 0 Å². The molecule has 2 N–H and O–H groups in total. The van der Waals surface area contributed by atoms with Gasteiger partial charge in [-0.15, -0.1) is 0 Å². The summed E-state index contributed by atoms with van der Waals surface area (Å²) in [6.45, 7) is 0.253. The number of nitrogens with one attached hydrogen (secondary N) is 2. The molecule has 0 radical (unpaired) electrons. The van der Waals surface area contributed by atoms with E-state index in [0.717, 1.165) is 11.1 Å². The first-order valence-corrected chi connectivity index (χ1v) is 6.16. The third-order valence-corrected chi connectivity index (χ3v) is 2.49. The molecular weight excluding hydrogens is 270 g/mol. The maximum atomic E-state index is 11.5. The molecule has 0 bridgehead atoms. The summed E-state index contributed by atoms with van der Waals surface area (Å²) in [6.07, 6.45) is 7.85. The van der Waals surface area contributed by atoms with Gasteiger partial charge in [0.15, 0.2) is 0 Å². The minimum Gasteiger partial charge on any atom is -0.344 e. The molecule has 0 fully saturated rings. The Hall–Kier alpha value is -3.09. The van der Waals surface area contributed by atoms with Crippen molar-refractivity contribution in [3.63, 3.8) is 0 Å². The number of hydrogen-bond donors (Lipinski definition) is 2. The highest BCUT2D eigenvalue weighted by Gasteiger charge is 2.11. The molecule has 2 aromatic rings. The van der Waals surface area contributed by atoms with Crippen molar-refractivity contribution in [2.75, 3.05) is 0 Å². The van der Waals surface area contributed by atoms with E-state index in [1.165, 1.54) is 6.21 Å². The van der Waals surface area contributed by atoms with E-state index in [1.54, 1.807) is 49.1 Å². The van der Waals surface area contributed by atoms with E-state index in [2.05, 4.69) is 25.8 Å². The zero-order chi connectivity index (χ0) is 14.9. The molecule has 0 aliphatic carbocycles. The molecule has 0 aliphatic heterocycles. The first-order chi connectivity index (χ1) is 10.3. The Morgan fingerprint density at radius 1 is 1.00 bits per heavy atom. The minimum atomic E-state index is -0.825. The van der Waals surface area contributed by atoms with Crippen molar-refractivity contribution >= 4 is 18.0 Å². The lowest BCUT2D eigenvalue weighted by Crippen LogP contribution is -2.37. The molecule has 21 heavy (non-hydrogen) atoms. The van der Waals surface area contributed by atoms with E-state index in [1.807, 2.05) is 0 Å². The lowest BCUT2D eigenvalue weighted by Gasteiger charge is -2.03. The molecule has 0 atom stereocenters. The van der Waals surface area contributed by atoms with Gasteiger partial charge in [0, 0.05) is 31.3 Å². The third-order valence-electron chi connectivity index (χ3n) is 2.49. The number of nitrogens with zero attached hydrogens (tertiary/aromatic N) is 3. The van der Waals surface area contributed by atoms with Crippen molar-refractivity contribution in [2.24, 2.45) is 5.10 Å². The largest absolute Gasteiger partial charge is 0.344 e. The van der Waals surface area contributed by atoms with E-state index in [-0.39, 0.29) is 6.54 Å². The molecular formula is C14H13N5O2. The van der Waals surface area contributed by atoms with Crippen LogP contribution in [0.25, 0.3) is 0 Å². The summed E-state index contributed by atoms with van der Waals surface area (Å²) >= 11 is 0. The van der Waals surface area contributed by atoms with Crippen LogP contribution in [0.4, 0.5) is 0 Å². The summed E-state index contributed by atoms with van der Waals surface area (Å²) in [7, 11) is 0. The predicted molar refractivity (Wildman–Crippen MR) is 76.1 cm³/mol. The fourth-order valence-electron chi connectivity index (χ4n) is 1.43. The number of aromatic nitrogens is 2. The van der Waals surface area contributed by atoms with E-state index < -0.39 is 11.8 Å². The van der Waals surface area contributed by atoms with Crippen LogP contribution in [0.15, 0.2) is 54.2 Å². The smallest absolute Gasteiger partial charge is 0.329 e. The van der Waals surface area contributed by atoms with E-state index in [4.69, 9.17) is 0 Å². The van der Waals surface area contributed by atoms with Crippen molar-refractivity contribution < 1.29 is 9.59 Å². The molecule has 7 heteroatoms. The molecule has 2 aromatic heterocycles. The van der Waals surface area contributed by atoms with Crippen LogP contribution >= 0.6 is 0 Å². The third kappa shape index (κ3) is 4.83. The van der Waals surface area contributed by atoms with E-state index in [0.29, 0.717) is 0 Å². The zero-order valence-electron chi connectivity index (χ0n) is 11.1. The van der Waals surface area contributed by atoms with Crippen LogP contribution in [0.3, 0.4) is 0 Å². The second-order valence-corrected chi connectivity index (χ2v) is 4.02. The molecule has 2 rings (SSSR count).